The third kappa shape index (κ3) is 2.80. The summed E-state index contributed by atoms with van der Waals surface area (Å²) in [6, 6.07) is 17.3. The SMILES string of the molecule is Cc1cccc(C(CCN)c2ccccc2C)c1. The van der Waals surface area contributed by atoms with Crippen LogP contribution in [0.4, 0.5) is 0 Å². The summed E-state index contributed by atoms with van der Waals surface area (Å²) in [6.07, 6.45) is 0.994. The number of hydrogen-bond acceptors (Lipinski definition) is 1. The van der Waals surface area contributed by atoms with E-state index in [1.165, 1.54) is 22.3 Å². The normalized spacial score (nSPS) is 12.4. The van der Waals surface area contributed by atoms with E-state index in [-0.39, 0.29) is 0 Å². The highest BCUT2D eigenvalue weighted by atomic mass is 14.5. The lowest BCUT2D eigenvalue weighted by molar-refractivity contribution is 0.721. The second-order valence-corrected chi connectivity index (χ2v) is 4.90. The first-order chi connectivity index (χ1) is 8.72. The molecule has 2 aromatic rings. The van der Waals surface area contributed by atoms with Crippen molar-refractivity contribution in [3.63, 3.8) is 0 Å². The third-order valence-electron chi connectivity index (χ3n) is 3.46. The Morgan fingerprint density at radius 3 is 2.44 bits per heavy atom. The minimum absolute atomic E-state index is 0.413. The van der Waals surface area contributed by atoms with Crippen LogP contribution in [0.25, 0.3) is 0 Å². The number of nitrogens with two attached hydrogens (primary N) is 1. The third-order valence-corrected chi connectivity index (χ3v) is 3.46. The van der Waals surface area contributed by atoms with Crippen molar-refractivity contribution in [2.75, 3.05) is 6.54 Å². The van der Waals surface area contributed by atoms with Crippen LogP contribution in [0.15, 0.2) is 48.5 Å². The van der Waals surface area contributed by atoms with Crippen molar-refractivity contribution in [1.29, 1.82) is 0 Å². The Kier molecular flexibility index (Phi) is 4.16. The highest BCUT2D eigenvalue weighted by Crippen LogP contribution is 2.30. The molecule has 0 radical (unpaired) electrons. The van der Waals surface area contributed by atoms with Crippen LogP contribution in [0.2, 0.25) is 0 Å². The van der Waals surface area contributed by atoms with Gasteiger partial charge in [0.2, 0.25) is 0 Å². The van der Waals surface area contributed by atoms with Gasteiger partial charge in [0, 0.05) is 5.92 Å². The molecule has 0 aliphatic carbocycles. The molecule has 0 aliphatic rings. The van der Waals surface area contributed by atoms with Gasteiger partial charge in [0.25, 0.3) is 0 Å². The van der Waals surface area contributed by atoms with Crippen molar-refractivity contribution >= 4 is 0 Å². The molecule has 0 saturated carbocycles. The molecule has 2 N–H and O–H groups in total. The minimum Gasteiger partial charge on any atom is -0.330 e. The first-order valence-electron chi connectivity index (χ1n) is 6.54. The topological polar surface area (TPSA) is 26.0 Å². The highest BCUT2D eigenvalue weighted by molar-refractivity contribution is 5.38. The Bertz CT molecular complexity index is 517. The van der Waals surface area contributed by atoms with Crippen molar-refractivity contribution in [1.82, 2.24) is 0 Å². The minimum atomic E-state index is 0.413. The van der Waals surface area contributed by atoms with Crippen LogP contribution >= 0.6 is 0 Å². The number of rotatable bonds is 4. The van der Waals surface area contributed by atoms with E-state index < -0.39 is 0 Å². The summed E-state index contributed by atoms with van der Waals surface area (Å²) in [5.74, 6) is 0.413. The summed E-state index contributed by atoms with van der Waals surface area (Å²) in [4.78, 5) is 0. The summed E-state index contributed by atoms with van der Waals surface area (Å²) in [5.41, 5.74) is 11.2. The van der Waals surface area contributed by atoms with Gasteiger partial charge >= 0.3 is 0 Å². The van der Waals surface area contributed by atoms with Crippen LogP contribution in [0.1, 0.15) is 34.6 Å². The monoisotopic (exact) mass is 239 g/mol. The molecule has 0 heterocycles. The van der Waals surface area contributed by atoms with E-state index in [1.807, 2.05) is 0 Å². The molecule has 1 nitrogen and oxygen atoms in total. The molecule has 2 rings (SSSR count). The van der Waals surface area contributed by atoms with E-state index in [2.05, 4.69) is 62.4 Å². The molecule has 0 aliphatic heterocycles. The Labute approximate surface area is 110 Å². The molecular weight excluding hydrogens is 218 g/mol. The van der Waals surface area contributed by atoms with Gasteiger partial charge in [-0.1, -0.05) is 54.1 Å². The lowest BCUT2D eigenvalue weighted by atomic mass is 9.85. The Morgan fingerprint density at radius 1 is 1.00 bits per heavy atom. The van der Waals surface area contributed by atoms with Gasteiger partial charge in [-0.15, -0.1) is 0 Å². The van der Waals surface area contributed by atoms with Crippen molar-refractivity contribution < 1.29 is 0 Å². The number of benzene rings is 2. The lowest BCUT2D eigenvalue weighted by Gasteiger charge is -2.19. The molecule has 0 aromatic heterocycles. The van der Waals surface area contributed by atoms with Crippen LogP contribution in [-0.2, 0) is 0 Å². The van der Waals surface area contributed by atoms with Crippen LogP contribution in [0.5, 0.6) is 0 Å². The Morgan fingerprint density at radius 2 is 1.78 bits per heavy atom. The van der Waals surface area contributed by atoms with E-state index in [0.717, 1.165) is 6.42 Å². The van der Waals surface area contributed by atoms with Crippen LogP contribution in [0, 0.1) is 13.8 Å². The van der Waals surface area contributed by atoms with Crippen LogP contribution in [0.3, 0.4) is 0 Å². The highest BCUT2D eigenvalue weighted by Gasteiger charge is 2.15. The van der Waals surface area contributed by atoms with Crippen molar-refractivity contribution in [2.24, 2.45) is 5.73 Å². The summed E-state index contributed by atoms with van der Waals surface area (Å²) in [5, 5.41) is 0. The maximum absolute atomic E-state index is 5.79. The van der Waals surface area contributed by atoms with Gasteiger partial charge in [0.05, 0.1) is 0 Å². The van der Waals surface area contributed by atoms with E-state index in [4.69, 9.17) is 5.73 Å². The number of hydrogen-bond donors (Lipinski definition) is 1. The van der Waals surface area contributed by atoms with Gasteiger partial charge in [-0.2, -0.15) is 0 Å². The van der Waals surface area contributed by atoms with E-state index in [9.17, 15) is 0 Å². The van der Waals surface area contributed by atoms with Gasteiger partial charge in [-0.25, -0.2) is 0 Å². The molecule has 0 bridgehead atoms. The Balaban J connectivity index is 2.43. The van der Waals surface area contributed by atoms with Gasteiger partial charge in [-0.3, -0.25) is 0 Å². The molecule has 94 valence electrons. The number of aryl methyl sites for hydroxylation is 2. The molecule has 0 amide bonds. The largest absolute Gasteiger partial charge is 0.330 e. The predicted molar refractivity (Wildman–Crippen MR) is 77.9 cm³/mol. The van der Waals surface area contributed by atoms with E-state index >= 15 is 0 Å². The average molecular weight is 239 g/mol. The fourth-order valence-corrected chi connectivity index (χ4v) is 2.53. The standard InChI is InChI=1S/C17H21N/c1-13-6-5-8-15(12-13)17(10-11-18)16-9-4-3-7-14(16)2/h3-9,12,17H,10-11,18H2,1-2H3. The van der Waals surface area contributed by atoms with Crippen molar-refractivity contribution in [2.45, 2.75) is 26.2 Å². The zero-order chi connectivity index (χ0) is 13.0. The molecular formula is C17H21N. The zero-order valence-electron chi connectivity index (χ0n) is 11.2. The zero-order valence-corrected chi connectivity index (χ0v) is 11.2. The summed E-state index contributed by atoms with van der Waals surface area (Å²) in [6.45, 7) is 5.03. The molecule has 0 fully saturated rings. The molecule has 1 heteroatoms. The Hall–Kier alpha value is -1.60. The van der Waals surface area contributed by atoms with Crippen molar-refractivity contribution in [3.8, 4) is 0 Å². The van der Waals surface area contributed by atoms with Gasteiger partial charge < -0.3 is 5.73 Å². The first-order valence-corrected chi connectivity index (χ1v) is 6.54. The maximum atomic E-state index is 5.79. The molecule has 0 saturated heterocycles. The second kappa shape index (κ2) is 5.83. The second-order valence-electron chi connectivity index (χ2n) is 4.90. The molecule has 2 aromatic carbocycles. The predicted octanol–water partition coefficient (Wildman–Crippen LogP) is 3.78. The quantitative estimate of drug-likeness (QED) is 0.863. The summed E-state index contributed by atoms with van der Waals surface area (Å²) >= 11 is 0. The summed E-state index contributed by atoms with van der Waals surface area (Å²) < 4.78 is 0. The first kappa shape index (κ1) is 12.8. The van der Waals surface area contributed by atoms with Gasteiger partial charge in [0.15, 0.2) is 0 Å². The molecule has 0 spiro atoms. The van der Waals surface area contributed by atoms with E-state index in [0.29, 0.717) is 12.5 Å². The van der Waals surface area contributed by atoms with Gasteiger partial charge in [0.1, 0.15) is 0 Å². The van der Waals surface area contributed by atoms with Crippen molar-refractivity contribution in [3.05, 3.63) is 70.8 Å². The maximum Gasteiger partial charge on any atom is 0.0104 e. The van der Waals surface area contributed by atoms with Crippen LogP contribution < -0.4 is 5.73 Å². The van der Waals surface area contributed by atoms with Gasteiger partial charge in [-0.05, 0) is 43.5 Å². The lowest BCUT2D eigenvalue weighted by Crippen LogP contribution is -2.10. The average Bonchev–Trinajstić information content (AvgIpc) is 2.37. The van der Waals surface area contributed by atoms with Crippen LogP contribution in [-0.4, -0.2) is 6.54 Å². The van der Waals surface area contributed by atoms with E-state index in [1.54, 1.807) is 0 Å². The molecule has 1 unspecified atom stereocenters. The molecule has 18 heavy (non-hydrogen) atoms. The fourth-order valence-electron chi connectivity index (χ4n) is 2.53. The fraction of sp³-hybridized carbons (Fsp3) is 0.294. The molecule has 1 atom stereocenters. The summed E-state index contributed by atoms with van der Waals surface area (Å²) in [7, 11) is 0. The smallest absolute Gasteiger partial charge is 0.0104 e.